The predicted molar refractivity (Wildman–Crippen MR) is 82.3 cm³/mol. The molecule has 0 amide bonds. The van der Waals surface area contributed by atoms with Gasteiger partial charge in [0.05, 0.1) is 10.0 Å². The second-order valence-electron chi connectivity index (χ2n) is 4.77. The summed E-state index contributed by atoms with van der Waals surface area (Å²) in [4.78, 5) is -0.0599. The fraction of sp³-hybridized carbons (Fsp3) is 0.500. The van der Waals surface area contributed by atoms with Crippen molar-refractivity contribution in [1.29, 1.82) is 0 Å². The molecule has 1 atom stereocenters. The van der Waals surface area contributed by atoms with Gasteiger partial charge in [0, 0.05) is 18.1 Å². The fourth-order valence-electron chi connectivity index (χ4n) is 2.38. The first kappa shape index (κ1) is 16.3. The maximum atomic E-state index is 12.6. The van der Waals surface area contributed by atoms with E-state index in [2.05, 4.69) is 5.32 Å². The van der Waals surface area contributed by atoms with Crippen molar-refractivity contribution >= 4 is 44.8 Å². The number of nitrogens with zero attached hydrogens (tertiary/aromatic N) is 1. The summed E-state index contributed by atoms with van der Waals surface area (Å²) in [6.45, 7) is 1.73. The van der Waals surface area contributed by atoms with Crippen molar-refractivity contribution in [2.45, 2.75) is 11.3 Å². The lowest BCUT2D eigenvalue weighted by Gasteiger charge is -2.18. The van der Waals surface area contributed by atoms with Gasteiger partial charge >= 0.3 is 0 Å². The molecule has 1 aliphatic heterocycles. The van der Waals surface area contributed by atoms with Gasteiger partial charge in [-0.05, 0) is 38.1 Å². The van der Waals surface area contributed by atoms with Crippen LogP contribution < -0.4 is 5.32 Å². The molecular formula is C12H15Cl3N2O2S. The molecule has 8 heteroatoms. The second kappa shape index (κ2) is 6.38. The molecule has 0 spiro atoms. The van der Waals surface area contributed by atoms with Crippen LogP contribution in [-0.4, -0.2) is 39.4 Å². The Hall–Kier alpha value is -0.0400. The Kier molecular flexibility index (Phi) is 5.21. The molecule has 1 aliphatic rings. The van der Waals surface area contributed by atoms with Crippen LogP contribution in [0.15, 0.2) is 17.0 Å². The van der Waals surface area contributed by atoms with Crippen molar-refractivity contribution in [3.05, 3.63) is 27.2 Å². The number of hydrogen-bond acceptors (Lipinski definition) is 3. The first-order chi connectivity index (χ1) is 9.36. The van der Waals surface area contributed by atoms with Crippen LogP contribution in [-0.2, 0) is 10.0 Å². The Labute approximate surface area is 134 Å². The van der Waals surface area contributed by atoms with Gasteiger partial charge in [0.25, 0.3) is 0 Å². The van der Waals surface area contributed by atoms with Crippen LogP contribution in [0.2, 0.25) is 15.1 Å². The van der Waals surface area contributed by atoms with E-state index in [9.17, 15) is 8.42 Å². The van der Waals surface area contributed by atoms with E-state index in [-0.39, 0.29) is 14.9 Å². The van der Waals surface area contributed by atoms with Crippen LogP contribution >= 0.6 is 34.8 Å². The van der Waals surface area contributed by atoms with Crippen molar-refractivity contribution in [1.82, 2.24) is 9.62 Å². The summed E-state index contributed by atoms with van der Waals surface area (Å²) in [6, 6.07) is 2.78. The lowest BCUT2D eigenvalue weighted by atomic mass is 10.1. The number of rotatable bonds is 4. The fourth-order valence-corrected chi connectivity index (χ4v) is 5.40. The highest BCUT2D eigenvalue weighted by Crippen LogP contribution is 2.36. The highest BCUT2D eigenvalue weighted by molar-refractivity contribution is 7.89. The van der Waals surface area contributed by atoms with Crippen LogP contribution in [0.5, 0.6) is 0 Å². The SMILES string of the molecule is CNCC1CCN(S(=O)(=O)c2c(Cl)cc(Cl)cc2Cl)C1. The van der Waals surface area contributed by atoms with Crippen LogP contribution in [0.1, 0.15) is 6.42 Å². The summed E-state index contributed by atoms with van der Waals surface area (Å²) in [7, 11) is -1.83. The van der Waals surface area contributed by atoms with Crippen LogP contribution in [0.4, 0.5) is 0 Å². The van der Waals surface area contributed by atoms with E-state index in [0.29, 0.717) is 24.0 Å². The minimum Gasteiger partial charge on any atom is -0.319 e. The molecule has 1 fully saturated rings. The van der Waals surface area contributed by atoms with E-state index >= 15 is 0 Å². The zero-order valence-corrected chi connectivity index (χ0v) is 14.0. The summed E-state index contributed by atoms with van der Waals surface area (Å²) in [6.07, 6.45) is 0.822. The van der Waals surface area contributed by atoms with Gasteiger partial charge in [0.15, 0.2) is 0 Å². The van der Waals surface area contributed by atoms with Gasteiger partial charge in [-0.25, -0.2) is 8.42 Å². The van der Waals surface area contributed by atoms with Crippen LogP contribution in [0, 0.1) is 5.92 Å². The molecular weight excluding hydrogens is 343 g/mol. The normalized spacial score (nSPS) is 20.5. The molecule has 1 aromatic carbocycles. The Morgan fingerprint density at radius 1 is 1.30 bits per heavy atom. The van der Waals surface area contributed by atoms with Gasteiger partial charge in [-0.3, -0.25) is 0 Å². The molecule has 0 aromatic heterocycles. The molecule has 0 bridgehead atoms. The summed E-state index contributed by atoms with van der Waals surface area (Å²) in [5, 5.41) is 3.48. The predicted octanol–water partition coefficient (Wildman–Crippen LogP) is 2.88. The summed E-state index contributed by atoms with van der Waals surface area (Å²) >= 11 is 17.8. The number of nitrogens with one attached hydrogen (secondary N) is 1. The van der Waals surface area contributed by atoms with Crippen LogP contribution in [0.3, 0.4) is 0 Å². The van der Waals surface area contributed by atoms with Gasteiger partial charge in [0.2, 0.25) is 10.0 Å². The Morgan fingerprint density at radius 2 is 1.90 bits per heavy atom. The summed E-state index contributed by atoms with van der Waals surface area (Å²) in [5.41, 5.74) is 0. The third-order valence-electron chi connectivity index (χ3n) is 3.30. The number of sulfonamides is 1. The van der Waals surface area contributed by atoms with Gasteiger partial charge in [-0.1, -0.05) is 34.8 Å². The third-order valence-corrected chi connectivity index (χ3v) is 6.31. The molecule has 0 aliphatic carbocycles. The zero-order chi connectivity index (χ0) is 14.9. The minimum atomic E-state index is -3.69. The topological polar surface area (TPSA) is 49.4 Å². The van der Waals surface area contributed by atoms with Gasteiger partial charge in [0.1, 0.15) is 4.90 Å². The molecule has 2 rings (SSSR count). The smallest absolute Gasteiger partial charge is 0.246 e. The quantitative estimate of drug-likeness (QED) is 0.901. The maximum absolute atomic E-state index is 12.6. The van der Waals surface area contributed by atoms with E-state index in [4.69, 9.17) is 34.8 Å². The zero-order valence-electron chi connectivity index (χ0n) is 10.9. The molecule has 0 radical (unpaired) electrons. The van der Waals surface area contributed by atoms with Gasteiger partial charge in [-0.2, -0.15) is 4.31 Å². The van der Waals surface area contributed by atoms with Crippen molar-refractivity contribution in [2.24, 2.45) is 5.92 Å². The van der Waals surface area contributed by atoms with E-state index in [1.54, 1.807) is 0 Å². The van der Waals surface area contributed by atoms with Crippen molar-refractivity contribution in [3.8, 4) is 0 Å². The molecule has 1 saturated heterocycles. The second-order valence-corrected chi connectivity index (χ2v) is 7.90. The highest BCUT2D eigenvalue weighted by Gasteiger charge is 2.35. The maximum Gasteiger partial charge on any atom is 0.246 e. The Morgan fingerprint density at radius 3 is 2.45 bits per heavy atom. The van der Waals surface area contributed by atoms with Gasteiger partial charge in [-0.15, -0.1) is 0 Å². The average molecular weight is 358 g/mol. The summed E-state index contributed by atoms with van der Waals surface area (Å²) < 4.78 is 26.7. The standard InChI is InChI=1S/C12H15Cl3N2O2S/c1-16-6-8-2-3-17(7-8)20(18,19)12-10(14)4-9(13)5-11(12)15/h4-5,8,16H,2-3,6-7H2,1H3. The molecule has 20 heavy (non-hydrogen) atoms. The molecule has 1 N–H and O–H groups in total. The molecule has 4 nitrogen and oxygen atoms in total. The molecule has 1 unspecified atom stereocenters. The number of hydrogen-bond donors (Lipinski definition) is 1. The minimum absolute atomic E-state index is 0.0552. The van der Waals surface area contributed by atoms with E-state index in [1.165, 1.54) is 16.4 Å². The number of halogens is 3. The number of benzene rings is 1. The van der Waals surface area contributed by atoms with E-state index in [1.807, 2.05) is 7.05 Å². The first-order valence-electron chi connectivity index (χ1n) is 6.15. The van der Waals surface area contributed by atoms with Crippen LogP contribution in [0.25, 0.3) is 0 Å². The lowest BCUT2D eigenvalue weighted by molar-refractivity contribution is 0.451. The molecule has 112 valence electrons. The van der Waals surface area contributed by atoms with E-state index in [0.717, 1.165) is 13.0 Å². The first-order valence-corrected chi connectivity index (χ1v) is 8.73. The van der Waals surface area contributed by atoms with Crippen molar-refractivity contribution in [2.75, 3.05) is 26.7 Å². The average Bonchev–Trinajstić information content (AvgIpc) is 2.76. The molecule has 0 saturated carbocycles. The summed E-state index contributed by atoms with van der Waals surface area (Å²) in [5.74, 6) is 0.305. The molecule has 1 aromatic rings. The monoisotopic (exact) mass is 356 g/mol. The highest BCUT2D eigenvalue weighted by atomic mass is 35.5. The van der Waals surface area contributed by atoms with E-state index < -0.39 is 10.0 Å². The third kappa shape index (κ3) is 3.24. The largest absolute Gasteiger partial charge is 0.319 e. The Bertz CT molecular complexity index is 584. The van der Waals surface area contributed by atoms with Gasteiger partial charge < -0.3 is 5.32 Å². The van der Waals surface area contributed by atoms with Crippen molar-refractivity contribution < 1.29 is 8.42 Å². The Balaban J connectivity index is 2.33. The molecule has 1 heterocycles. The van der Waals surface area contributed by atoms with Crippen molar-refractivity contribution in [3.63, 3.8) is 0 Å². The lowest BCUT2D eigenvalue weighted by Crippen LogP contribution is -2.30.